The van der Waals surface area contributed by atoms with Crippen molar-refractivity contribution in [1.82, 2.24) is 0 Å². The maximum absolute atomic E-state index is 10.8. The van der Waals surface area contributed by atoms with Crippen LogP contribution in [-0.4, -0.2) is 54.8 Å². The molecule has 0 spiro atoms. The van der Waals surface area contributed by atoms with Crippen molar-refractivity contribution in [2.24, 2.45) is 0 Å². The predicted molar refractivity (Wildman–Crippen MR) is 59.9 cm³/mol. The average molecular weight is 231 g/mol. The third kappa shape index (κ3) is 11.9. The third-order valence-corrected chi connectivity index (χ3v) is 3.11. The highest BCUT2D eigenvalue weighted by molar-refractivity contribution is 6.76. The van der Waals surface area contributed by atoms with Crippen LogP contribution in [-0.2, 0) is 14.3 Å². The molecule has 4 nitrogen and oxygen atoms in total. The molecule has 6 heteroatoms. The predicted octanol–water partition coefficient (Wildman–Crippen LogP) is 0.426. The highest BCUT2D eigenvalue weighted by atomic mass is 28.3. The lowest BCUT2D eigenvalue weighted by atomic mass is 10.4. The molecule has 0 aromatic rings. The van der Waals surface area contributed by atoms with Crippen LogP contribution in [0.15, 0.2) is 0 Å². The fourth-order valence-corrected chi connectivity index (χ4v) is 1.36. The molecule has 0 unspecified atom stereocenters. The Hall–Kier alpha value is -0.0769. The van der Waals surface area contributed by atoms with Crippen molar-refractivity contribution in [3.8, 4) is 0 Å². The van der Waals surface area contributed by atoms with Gasteiger partial charge in [-0.05, 0) is 6.04 Å². The molecule has 0 heterocycles. The van der Waals surface area contributed by atoms with Gasteiger partial charge in [0.05, 0.1) is 6.61 Å². The van der Waals surface area contributed by atoms with Crippen molar-refractivity contribution in [2.45, 2.75) is 32.1 Å². The largest absolute Gasteiger partial charge is 0.481 e. The van der Waals surface area contributed by atoms with Crippen LogP contribution in [0.4, 0.5) is 0 Å². The number of carboxylic acid groups (broad SMARTS) is 1. The van der Waals surface area contributed by atoms with Gasteiger partial charge < -0.3 is 9.84 Å². The maximum atomic E-state index is 10.8. The number of aliphatic carboxylic acids is 1. The first-order valence-corrected chi connectivity index (χ1v) is 7.89. The molecule has 0 radical (unpaired) electrons. The van der Waals surface area contributed by atoms with E-state index in [9.17, 15) is 9.59 Å². The van der Waals surface area contributed by atoms with Crippen LogP contribution in [0, 0.1) is 0 Å². The van der Waals surface area contributed by atoms with Gasteiger partial charge >= 0.3 is 35.0 Å². The molecule has 0 atom stereocenters. The van der Waals surface area contributed by atoms with Gasteiger partial charge in [0.2, 0.25) is 0 Å². The summed E-state index contributed by atoms with van der Waals surface area (Å²) in [5.41, 5.74) is 0. The van der Waals surface area contributed by atoms with Gasteiger partial charge in [-0.15, -0.1) is 0 Å². The van der Waals surface area contributed by atoms with Crippen molar-refractivity contribution >= 4 is 43.1 Å². The van der Waals surface area contributed by atoms with E-state index < -0.39 is 26.4 Å². The van der Waals surface area contributed by atoms with Crippen LogP contribution in [0.1, 0.15) is 6.42 Å². The number of rotatable bonds is 5. The molecule has 0 saturated carbocycles. The summed E-state index contributed by atoms with van der Waals surface area (Å²) in [5, 5.41) is 8.25. The second kappa shape index (κ2) is 7.25. The summed E-state index contributed by atoms with van der Waals surface area (Å²) in [5.74, 6) is -1.79. The molecular weight excluding hydrogens is 212 g/mol. The number of ether oxygens (including phenoxy) is 1. The number of esters is 1. The summed E-state index contributed by atoms with van der Waals surface area (Å²) >= 11 is 0. The quantitative estimate of drug-likeness (QED) is 0.423. The standard InChI is InChI=1S/C8H16O4Si.Mg.2H/c1-13(2,3)5-4-12-8(11)6-7(9)10;;;/h4-6H2,1-3H3,(H,9,10);;;. The van der Waals surface area contributed by atoms with E-state index >= 15 is 0 Å². The zero-order valence-corrected chi connectivity index (χ0v) is 9.29. The molecule has 0 saturated heterocycles. The van der Waals surface area contributed by atoms with Gasteiger partial charge in [0, 0.05) is 8.07 Å². The van der Waals surface area contributed by atoms with Crippen LogP contribution in [0.25, 0.3) is 0 Å². The molecule has 0 bridgehead atoms. The summed E-state index contributed by atoms with van der Waals surface area (Å²) in [4.78, 5) is 20.8. The summed E-state index contributed by atoms with van der Waals surface area (Å²) < 4.78 is 4.74. The minimum absolute atomic E-state index is 0. The molecule has 80 valence electrons. The van der Waals surface area contributed by atoms with Crippen LogP contribution in [0.3, 0.4) is 0 Å². The Morgan fingerprint density at radius 1 is 1.29 bits per heavy atom. The molecule has 0 fully saturated rings. The van der Waals surface area contributed by atoms with E-state index in [-0.39, 0.29) is 23.1 Å². The van der Waals surface area contributed by atoms with Crippen molar-refractivity contribution in [1.29, 1.82) is 0 Å². The van der Waals surface area contributed by atoms with Gasteiger partial charge in [0.25, 0.3) is 0 Å². The van der Waals surface area contributed by atoms with E-state index in [1.54, 1.807) is 0 Å². The zero-order valence-electron chi connectivity index (χ0n) is 8.29. The molecule has 14 heavy (non-hydrogen) atoms. The smallest absolute Gasteiger partial charge is 0.317 e. The first-order chi connectivity index (χ1) is 5.81. The van der Waals surface area contributed by atoms with E-state index in [2.05, 4.69) is 19.6 Å². The Bertz CT molecular complexity index is 200. The lowest BCUT2D eigenvalue weighted by molar-refractivity contribution is -0.150. The number of hydrogen-bond acceptors (Lipinski definition) is 3. The van der Waals surface area contributed by atoms with Gasteiger partial charge in [-0.3, -0.25) is 9.59 Å². The summed E-state index contributed by atoms with van der Waals surface area (Å²) in [6.07, 6.45) is -0.536. The molecule has 1 N–H and O–H groups in total. The van der Waals surface area contributed by atoms with Crippen LogP contribution in [0.2, 0.25) is 25.7 Å². The summed E-state index contributed by atoms with van der Waals surface area (Å²) in [6.45, 7) is 6.84. The van der Waals surface area contributed by atoms with E-state index in [1.807, 2.05) is 0 Å². The van der Waals surface area contributed by atoms with Crippen LogP contribution >= 0.6 is 0 Å². The highest BCUT2D eigenvalue weighted by Gasteiger charge is 2.14. The fourth-order valence-electron chi connectivity index (χ4n) is 0.646. The van der Waals surface area contributed by atoms with E-state index in [0.717, 1.165) is 6.04 Å². The number of carbonyl (C=O) groups excluding carboxylic acids is 1. The summed E-state index contributed by atoms with van der Waals surface area (Å²) in [6, 6.07) is 0.873. The van der Waals surface area contributed by atoms with Crippen LogP contribution < -0.4 is 0 Å². The normalized spacial score (nSPS) is 10.2. The number of carboxylic acids is 1. The molecule has 0 rings (SSSR count). The minimum Gasteiger partial charge on any atom is -0.481 e. The lowest BCUT2D eigenvalue weighted by Crippen LogP contribution is -2.23. The minimum atomic E-state index is -1.19. The van der Waals surface area contributed by atoms with E-state index in [1.165, 1.54) is 0 Å². The molecule has 0 aliphatic carbocycles. The molecule has 0 aromatic carbocycles. The molecule has 0 amide bonds. The van der Waals surface area contributed by atoms with Gasteiger partial charge in [0.15, 0.2) is 0 Å². The molecular formula is C8H18MgO4Si. The first kappa shape index (κ1) is 16.4. The topological polar surface area (TPSA) is 63.6 Å². The third-order valence-electron chi connectivity index (χ3n) is 1.41. The second-order valence-corrected chi connectivity index (χ2v) is 9.72. The Labute approximate surface area is 101 Å². The van der Waals surface area contributed by atoms with Crippen LogP contribution in [0.5, 0.6) is 0 Å². The second-order valence-electron chi connectivity index (χ2n) is 4.10. The van der Waals surface area contributed by atoms with Crippen molar-refractivity contribution in [3.05, 3.63) is 0 Å². The average Bonchev–Trinajstić information content (AvgIpc) is 1.81. The fraction of sp³-hybridized carbons (Fsp3) is 0.750. The molecule has 0 aromatic heterocycles. The van der Waals surface area contributed by atoms with Crippen molar-refractivity contribution < 1.29 is 19.4 Å². The number of hydrogen-bond donors (Lipinski definition) is 1. The van der Waals surface area contributed by atoms with E-state index in [0.29, 0.717) is 6.61 Å². The molecule has 0 aliphatic rings. The van der Waals surface area contributed by atoms with Gasteiger partial charge in [0.1, 0.15) is 6.42 Å². The monoisotopic (exact) mass is 230 g/mol. The van der Waals surface area contributed by atoms with E-state index in [4.69, 9.17) is 9.84 Å². The van der Waals surface area contributed by atoms with Crippen molar-refractivity contribution in [3.63, 3.8) is 0 Å². The maximum Gasteiger partial charge on any atom is 0.317 e. The Morgan fingerprint density at radius 3 is 2.14 bits per heavy atom. The Morgan fingerprint density at radius 2 is 1.79 bits per heavy atom. The SMILES string of the molecule is C[Si](C)(C)CCOC(=O)CC(=O)O.[MgH2]. The van der Waals surface area contributed by atoms with Crippen molar-refractivity contribution in [2.75, 3.05) is 6.61 Å². The Balaban J connectivity index is 0. The highest BCUT2D eigenvalue weighted by Crippen LogP contribution is 2.07. The number of carbonyl (C=O) groups is 2. The van der Waals surface area contributed by atoms with Gasteiger partial charge in [-0.25, -0.2) is 0 Å². The summed E-state index contributed by atoms with van der Waals surface area (Å²) in [7, 11) is -1.19. The lowest BCUT2D eigenvalue weighted by Gasteiger charge is -2.14. The van der Waals surface area contributed by atoms with Gasteiger partial charge in [-0.1, -0.05) is 19.6 Å². The zero-order chi connectivity index (χ0) is 10.5. The van der Waals surface area contributed by atoms with Gasteiger partial charge in [-0.2, -0.15) is 0 Å². The molecule has 0 aliphatic heterocycles. The Kier molecular flexibility index (Phi) is 8.47. The first-order valence-electron chi connectivity index (χ1n) is 4.19.